The second-order valence-corrected chi connectivity index (χ2v) is 5.89. The molecule has 108 valence electrons. The Bertz CT molecular complexity index is 572. The van der Waals surface area contributed by atoms with Gasteiger partial charge >= 0.3 is 0 Å². The van der Waals surface area contributed by atoms with Crippen molar-refractivity contribution in [1.29, 1.82) is 0 Å². The molecule has 0 amide bonds. The second kappa shape index (κ2) is 6.50. The molecule has 2 aromatic rings. The third-order valence-corrected chi connectivity index (χ3v) is 4.01. The zero-order valence-corrected chi connectivity index (χ0v) is 14.0. The Hall–Kier alpha value is -1.20. The third-order valence-electron chi connectivity index (χ3n) is 3.44. The van der Waals surface area contributed by atoms with Crippen molar-refractivity contribution in [3.05, 3.63) is 45.2 Å². The van der Waals surface area contributed by atoms with Crippen LogP contribution in [0.15, 0.2) is 22.8 Å². The number of halogens is 1. The lowest BCUT2D eigenvalue weighted by Crippen LogP contribution is -2.26. The molecule has 1 aromatic heterocycles. The van der Waals surface area contributed by atoms with Crippen molar-refractivity contribution in [3.63, 3.8) is 0 Å². The maximum Gasteiger partial charge on any atom is 0.153 e. The van der Waals surface area contributed by atoms with Gasteiger partial charge in [0, 0.05) is 7.05 Å². The topological polar surface area (TPSA) is 42.7 Å². The summed E-state index contributed by atoms with van der Waals surface area (Å²) in [6.07, 6.45) is 1.09. The summed E-state index contributed by atoms with van der Waals surface area (Å²) in [5, 5.41) is 11.8. The summed E-state index contributed by atoms with van der Waals surface area (Å²) in [6.45, 7) is 7.39. The Kier molecular flexibility index (Phi) is 4.94. The van der Waals surface area contributed by atoms with Gasteiger partial charge in [-0.15, -0.1) is 5.10 Å². The van der Waals surface area contributed by atoms with Crippen LogP contribution in [0.3, 0.4) is 0 Å². The number of hydrogen-bond donors (Lipinski definition) is 1. The van der Waals surface area contributed by atoms with Crippen LogP contribution in [-0.4, -0.2) is 21.5 Å². The van der Waals surface area contributed by atoms with Crippen molar-refractivity contribution in [2.75, 3.05) is 6.54 Å². The Morgan fingerprint density at radius 3 is 2.70 bits per heavy atom. The van der Waals surface area contributed by atoms with Gasteiger partial charge in [-0.3, -0.25) is 0 Å². The first-order valence-corrected chi connectivity index (χ1v) is 7.69. The minimum absolute atomic E-state index is 0.101. The van der Waals surface area contributed by atoms with Crippen molar-refractivity contribution < 1.29 is 0 Å². The van der Waals surface area contributed by atoms with Crippen LogP contribution in [0.2, 0.25) is 0 Å². The number of rotatable bonds is 5. The molecule has 0 radical (unpaired) electrons. The van der Waals surface area contributed by atoms with Gasteiger partial charge in [0.05, 0.1) is 11.7 Å². The van der Waals surface area contributed by atoms with Crippen molar-refractivity contribution in [2.45, 2.75) is 33.2 Å². The highest BCUT2D eigenvalue weighted by Gasteiger charge is 2.22. The molecule has 0 aliphatic carbocycles. The van der Waals surface area contributed by atoms with Crippen LogP contribution in [0, 0.1) is 13.8 Å². The molecule has 1 N–H and O–H groups in total. The third kappa shape index (κ3) is 3.10. The number of benzene rings is 1. The first-order valence-electron chi connectivity index (χ1n) is 6.90. The standard InChI is InChI=1S/C15H21BrN4/c1-5-8-17-13(14-15(16)18-19-20(14)4)12-9-10(2)6-7-11(12)3/h6-7,9,13,17H,5,8H2,1-4H3. The molecule has 2 rings (SSSR count). The Morgan fingerprint density at radius 2 is 2.10 bits per heavy atom. The van der Waals surface area contributed by atoms with E-state index in [0.29, 0.717) is 0 Å². The van der Waals surface area contributed by atoms with Crippen molar-refractivity contribution in [2.24, 2.45) is 7.05 Å². The van der Waals surface area contributed by atoms with Crippen LogP contribution in [0.5, 0.6) is 0 Å². The maximum atomic E-state index is 4.11. The lowest BCUT2D eigenvalue weighted by molar-refractivity contribution is 0.547. The molecule has 0 aliphatic rings. The summed E-state index contributed by atoms with van der Waals surface area (Å²) >= 11 is 3.52. The Morgan fingerprint density at radius 1 is 1.35 bits per heavy atom. The van der Waals surface area contributed by atoms with E-state index in [-0.39, 0.29) is 6.04 Å². The smallest absolute Gasteiger partial charge is 0.153 e. The molecule has 0 aliphatic heterocycles. The number of aryl methyl sites for hydroxylation is 3. The molecule has 0 saturated carbocycles. The molecular weight excluding hydrogens is 316 g/mol. The molecule has 1 aromatic carbocycles. The van der Waals surface area contributed by atoms with Gasteiger partial charge in [-0.1, -0.05) is 35.9 Å². The van der Waals surface area contributed by atoms with E-state index in [4.69, 9.17) is 0 Å². The van der Waals surface area contributed by atoms with E-state index < -0.39 is 0 Å². The highest BCUT2D eigenvalue weighted by Crippen LogP contribution is 2.29. The fraction of sp³-hybridized carbons (Fsp3) is 0.467. The van der Waals surface area contributed by atoms with Crippen molar-refractivity contribution in [1.82, 2.24) is 20.3 Å². The van der Waals surface area contributed by atoms with E-state index in [1.165, 1.54) is 16.7 Å². The van der Waals surface area contributed by atoms with Crippen LogP contribution in [0.4, 0.5) is 0 Å². The van der Waals surface area contributed by atoms with E-state index in [9.17, 15) is 0 Å². The lowest BCUT2D eigenvalue weighted by atomic mass is 9.96. The van der Waals surface area contributed by atoms with Crippen LogP contribution >= 0.6 is 15.9 Å². The van der Waals surface area contributed by atoms with Crippen LogP contribution < -0.4 is 5.32 Å². The molecule has 1 atom stereocenters. The molecule has 1 unspecified atom stereocenters. The highest BCUT2D eigenvalue weighted by atomic mass is 79.9. The van der Waals surface area contributed by atoms with Gasteiger partial charge in [-0.2, -0.15) is 0 Å². The van der Waals surface area contributed by atoms with Crippen LogP contribution in [0.1, 0.15) is 41.8 Å². The molecule has 1 heterocycles. The lowest BCUT2D eigenvalue weighted by Gasteiger charge is -2.21. The predicted molar refractivity (Wildman–Crippen MR) is 84.8 cm³/mol. The molecule has 0 bridgehead atoms. The molecule has 0 spiro atoms. The fourth-order valence-corrected chi connectivity index (χ4v) is 2.92. The van der Waals surface area contributed by atoms with Gasteiger partial charge in [0.25, 0.3) is 0 Å². The first kappa shape index (κ1) is 15.2. The normalized spacial score (nSPS) is 12.7. The summed E-state index contributed by atoms with van der Waals surface area (Å²) in [7, 11) is 1.93. The summed E-state index contributed by atoms with van der Waals surface area (Å²) < 4.78 is 2.63. The molecule has 0 fully saturated rings. The highest BCUT2D eigenvalue weighted by molar-refractivity contribution is 9.10. The molecule has 4 nitrogen and oxygen atoms in total. The largest absolute Gasteiger partial charge is 0.305 e. The van der Waals surface area contributed by atoms with Crippen molar-refractivity contribution in [3.8, 4) is 0 Å². The van der Waals surface area contributed by atoms with Gasteiger partial charge in [-0.25, -0.2) is 4.68 Å². The van der Waals surface area contributed by atoms with E-state index in [0.717, 1.165) is 23.3 Å². The molecule has 0 saturated heterocycles. The minimum Gasteiger partial charge on any atom is -0.305 e. The van der Waals surface area contributed by atoms with Gasteiger partial charge in [0.15, 0.2) is 4.60 Å². The summed E-state index contributed by atoms with van der Waals surface area (Å²) in [5.74, 6) is 0. The van der Waals surface area contributed by atoms with Gasteiger partial charge in [0.2, 0.25) is 0 Å². The van der Waals surface area contributed by atoms with Gasteiger partial charge < -0.3 is 5.32 Å². The predicted octanol–water partition coefficient (Wildman–Crippen LogP) is 3.28. The number of nitrogens with one attached hydrogen (secondary N) is 1. The van der Waals surface area contributed by atoms with E-state index in [1.807, 2.05) is 11.7 Å². The number of nitrogens with zero attached hydrogens (tertiary/aromatic N) is 3. The Labute approximate surface area is 128 Å². The minimum atomic E-state index is 0.101. The van der Waals surface area contributed by atoms with E-state index in [1.54, 1.807) is 0 Å². The SMILES string of the molecule is CCCNC(c1cc(C)ccc1C)c1c(Br)nnn1C. The Balaban J connectivity index is 2.50. The summed E-state index contributed by atoms with van der Waals surface area (Å²) in [6, 6.07) is 6.65. The first-order chi connectivity index (χ1) is 9.54. The van der Waals surface area contributed by atoms with Gasteiger partial charge in [0.1, 0.15) is 0 Å². The quantitative estimate of drug-likeness (QED) is 0.910. The van der Waals surface area contributed by atoms with Crippen molar-refractivity contribution >= 4 is 15.9 Å². The average molecular weight is 337 g/mol. The maximum absolute atomic E-state index is 4.11. The molecule has 5 heteroatoms. The zero-order chi connectivity index (χ0) is 14.7. The summed E-state index contributed by atoms with van der Waals surface area (Å²) in [4.78, 5) is 0. The van der Waals surface area contributed by atoms with E-state index in [2.05, 4.69) is 70.5 Å². The monoisotopic (exact) mass is 336 g/mol. The number of aromatic nitrogens is 3. The molecule has 20 heavy (non-hydrogen) atoms. The zero-order valence-electron chi connectivity index (χ0n) is 12.4. The van der Waals surface area contributed by atoms with Crippen LogP contribution in [0.25, 0.3) is 0 Å². The summed E-state index contributed by atoms with van der Waals surface area (Å²) in [5.41, 5.74) is 4.88. The van der Waals surface area contributed by atoms with E-state index >= 15 is 0 Å². The second-order valence-electron chi connectivity index (χ2n) is 5.14. The van der Waals surface area contributed by atoms with Gasteiger partial charge in [-0.05, 0) is 53.9 Å². The average Bonchev–Trinajstić information content (AvgIpc) is 2.74. The fourth-order valence-electron chi connectivity index (χ4n) is 2.36. The number of hydrogen-bond acceptors (Lipinski definition) is 3. The van der Waals surface area contributed by atoms with Crippen LogP contribution in [-0.2, 0) is 7.05 Å². The molecular formula is C15H21BrN4.